The molecule has 1 aliphatic rings. The zero-order valence-electron chi connectivity index (χ0n) is 16.0. The lowest BCUT2D eigenvalue weighted by Crippen LogP contribution is -2.35. The molecule has 0 bridgehead atoms. The van der Waals surface area contributed by atoms with Crippen LogP contribution in [0.2, 0.25) is 0 Å². The standard InChI is InChI=1S/C23H24FN3O/c1-26-22(15-21(25-26)18-10-12-20(24)13-11-18)23(28)27-14-6-5-9-19(16-27)17-7-3-2-4-8-17/h2-4,7-8,10-13,15,19H,5-6,9,14,16H2,1H3/t19-/m1/s1. The zero-order chi connectivity index (χ0) is 19.5. The molecule has 4 nitrogen and oxygen atoms in total. The normalized spacial score (nSPS) is 17.4. The third-order valence-corrected chi connectivity index (χ3v) is 5.47. The van der Waals surface area contributed by atoms with Crippen molar-refractivity contribution in [3.63, 3.8) is 0 Å². The zero-order valence-corrected chi connectivity index (χ0v) is 16.0. The fourth-order valence-corrected chi connectivity index (χ4v) is 3.91. The summed E-state index contributed by atoms with van der Waals surface area (Å²) in [7, 11) is 1.78. The SMILES string of the molecule is Cn1nc(-c2ccc(F)cc2)cc1C(=O)N1CCCC[C@@H](c2ccccc2)C1. The van der Waals surface area contributed by atoms with Crippen LogP contribution in [0.3, 0.4) is 0 Å². The van der Waals surface area contributed by atoms with E-state index in [4.69, 9.17) is 0 Å². The lowest BCUT2D eigenvalue weighted by molar-refractivity contribution is 0.0743. The van der Waals surface area contributed by atoms with Crippen LogP contribution in [0, 0.1) is 5.82 Å². The van der Waals surface area contributed by atoms with Gasteiger partial charge in [-0.3, -0.25) is 9.48 Å². The predicted octanol–water partition coefficient (Wildman–Crippen LogP) is 4.64. The summed E-state index contributed by atoms with van der Waals surface area (Å²) in [5.74, 6) is 0.0798. The molecule has 5 heteroatoms. The molecule has 28 heavy (non-hydrogen) atoms. The van der Waals surface area contributed by atoms with Gasteiger partial charge in [0, 0.05) is 31.6 Å². The minimum Gasteiger partial charge on any atom is -0.337 e. The molecule has 0 saturated carbocycles. The molecule has 2 heterocycles. The van der Waals surface area contributed by atoms with Gasteiger partial charge in [0.2, 0.25) is 0 Å². The number of likely N-dealkylation sites (tertiary alicyclic amines) is 1. The number of nitrogens with zero attached hydrogens (tertiary/aromatic N) is 3. The van der Waals surface area contributed by atoms with Gasteiger partial charge in [0.15, 0.2) is 0 Å². The third kappa shape index (κ3) is 3.84. The number of benzene rings is 2. The van der Waals surface area contributed by atoms with E-state index in [0.29, 0.717) is 17.3 Å². The van der Waals surface area contributed by atoms with Crippen molar-refractivity contribution in [3.05, 3.63) is 77.7 Å². The minimum atomic E-state index is -0.285. The van der Waals surface area contributed by atoms with Crippen LogP contribution < -0.4 is 0 Å². The van der Waals surface area contributed by atoms with Gasteiger partial charge in [-0.15, -0.1) is 0 Å². The molecule has 1 aliphatic heterocycles. The molecule has 0 N–H and O–H groups in total. The number of aromatic nitrogens is 2. The van der Waals surface area contributed by atoms with Crippen molar-refractivity contribution >= 4 is 5.91 Å². The quantitative estimate of drug-likeness (QED) is 0.667. The van der Waals surface area contributed by atoms with E-state index in [2.05, 4.69) is 29.4 Å². The Hall–Kier alpha value is -2.95. The molecule has 0 radical (unpaired) electrons. The minimum absolute atomic E-state index is 0.00573. The van der Waals surface area contributed by atoms with E-state index in [0.717, 1.165) is 37.9 Å². The van der Waals surface area contributed by atoms with Gasteiger partial charge in [0.25, 0.3) is 5.91 Å². The number of aryl methyl sites for hydroxylation is 1. The summed E-state index contributed by atoms with van der Waals surface area (Å²) in [6.07, 6.45) is 3.23. The lowest BCUT2D eigenvalue weighted by atomic mass is 9.94. The number of rotatable bonds is 3. The van der Waals surface area contributed by atoms with E-state index < -0.39 is 0 Å². The van der Waals surface area contributed by atoms with Crippen LogP contribution in [-0.4, -0.2) is 33.7 Å². The average Bonchev–Trinajstić information content (AvgIpc) is 2.94. The Morgan fingerprint density at radius 1 is 1.07 bits per heavy atom. The molecule has 0 aliphatic carbocycles. The van der Waals surface area contributed by atoms with Crippen molar-refractivity contribution in [1.82, 2.24) is 14.7 Å². The maximum absolute atomic E-state index is 13.3. The fraction of sp³-hybridized carbons (Fsp3) is 0.304. The van der Waals surface area contributed by atoms with Crippen LogP contribution in [0.1, 0.15) is 41.2 Å². The van der Waals surface area contributed by atoms with Gasteiger partial charge in [0.1, 0.15) is 11.5 Å². The first-order valence-electron chi connectivity index (χ1n) is 9.76. The van der Waals surface area contributed by atoms with Crippen molar-refractivity contribution in [3.8, 4) is 11.3 Å². The van der Waals surface area contributed by atoms with Crippen LogP contribution in [0.5, 0.6) is 0 Å². The van der Waals surface area contributed by atoms with Gasteiger partial charge in [-0.2, -0.15) is 5.10 Å². The highest BCUT2D eigenvalue weighted by Gasteiger charge is 2.26. The Morgan fingerprint density at radius 2 is 1.82 bits per heavy atom. The molecule has 144 valence electrons. The molecule has 1 atom stereocenters. The lowest BCUT2D eigenvalue weighted by Gasteiger charge is -2.24. The van der Waals surface area contributed by atoms with Crippen molar-refractivity contribution in [2.24, 2.45) is 7.05 Å². The van der Waals surface area contributed by atoms with Gasteiger partial charge >= 0.3 is 0 Å². The van der Waals surface area contributed by atoms with Crippen LogP contribution in [0.15, 0.2) is 60.7 Å². The summed E-state index contributed by atoms with van der Waals surface area (Å²) >= 11 is 0. The third-order valence-electron chi connectivity index (χ3n) is 5.47. The van der Waals surface area contributed by atoms with E-state index in [1.54, 1.807) is 29.9 Å². The van der Waals surface area contributed by atoms with Crippen LogP contribution in [0.4, 0.5) is 4.39 Å². The molecule has 1 aromatic heterocycles. The maximum Gasteiger partial charge on any atom is 0.272 e. The topological polar surface area (TPSA) is 38.1 Å². The summed E-state index contributed by atoms with van der Waals surface area (Å²) in [6.45, 7) is 1.49. The Morgan fingerprint density at radius 3 is 2.57 bits per heavy atom. The Bertz CT molecular complexity index is 950. The van der Waals surface area contributed by atoms with E-state index >= 15 is 0 Å². The molecule has 2 aromatic carbocycles. The van der Waals surface area contributed by atoms with E-state index in [1.165, 1.54) is 17.7 Å². The highest BCUT2D eigenvalue weighted by molar-refractivity contribution is 5.93. The van der Waals surface area contributed by atoms with Gasteiger partial charge in [0.05, 0.1) is 5.69 Å². The highest BCUT2D eigenvalue weighted by Crippen LogP contribution is 2.28. The Balaban J connectivity index is 1.57. The average molecular weight is 377 g/mol. The van der Waals surface area contributed by atoms with E-state index in [9.17, 15) is 9.18 Å². The maximum atomic E-state index is 13.3. The van der Waals surface area contributed by atoms with E-state index in [-0.39, 0.29) is 11.7 Å². The number of hydrogen-bond donors (Lipinski definition) is 0. The fourth-order valence-electron chi connectivity index (χ4n) is 3.91. The highest BCUT2D eigenvalue weighted by atomic mass is 19.1. The molecule has 1 saturated heterocycles. The second kappa shape index (κ2) is 7.97. The summed E-state index contributed by atoms with van der Waals surface area (Å²) in [4.78, 5) is 15.2. The summed E-state index contributed by atoms with van der Waals surface area (Å²) in [5.41, 5.74) is 3.33. The monoisotopic (exact) mass is 377 g/mol. The molecule has 3 aromatic rings. The molecular formula is C23H24FN3O. The largest absolute Gasteiger partial charge is 0.337 e. The number of hydrogen-bond acceptors (Lipinski definition) is 2. The number of amides is 1. The van der Waals surface area contributed by atoms with Crippen LogP contribution >= 0.6 is 0 Å². The van der Waals surface area contributed by atoms with Crippen molar-refractivity contribution in [2.75, 3.05) is 13.1 Å². The Labute approximate surface area is 164 Å². The molecule has 0 spiro atoms. The first kappa shape index (κ1) is 18.4. The first-order valence-corrected chi connectivity index (χ1v) is 9.76. The second-order valence-corrected chi connectivity index (χ2v) is 7.40. The number of carbonyl (C=O) groups excluding carboxylic acids is 1. The van der Waals surface area contributed by atoms with Crippen molar-refractivity contribution < 1.29 is 9.18 Å². The van der Waals surface area contributed by atoms with Gasteiger partial charge < -0.3 is 4.90 Å². The molecular weight excluding hydrogens is 353 g/mol. The molecule has 1 fully saturated rings. The summed E-state index contributed by atoms with van der Waals surface area (Å²) in [6, 6.07) is 18.4. The van der Waals surface area contributed by atoms with Crippen LogP contribution in [-0.2, 0) is 7.05 Å². The summed E-state index contributed by atoms with van der Waals surface area (Å²) in [5, 5.41) is 4.47. The van der Waals surface area contributed by atoms with Crippen molar-refractivity contribution in [2.45, 2.75) is 25.2 Å². The number of halogens is 1. The van der Waals surface area contributed by atoms with Gasteiger partial charge in [-0.1, -0.05) is 36.8 Å². The smallest absolute Gasteiger partial charge is 0.272 e. The summed E-state index contributed by atoms with van der Waals surface area (Å²) < 4.78 is 14.8. The first-order chi connectivity index (χ1) is 13.6. The van der Waals surface area contributed by atoms with Gasteiger partial charge in [-0.25, -0.2) is 4.39 Å². The molecule has 4 rings (SSSR count). The van der Waals surface area contributed by atoms with Crippen molar-refractivity contribution in [1.29, 1.82) is 0 Å². The molecule has 0 unspecified atom stereocenters. The number of carbonyl (C=O) groups is 1. The second-order valence-electron chi connectivity index (χ2n) is 7.40. The predicted molar refractivity (Wildman–Crippen MR) is 108 cm³/mol. The molecule has 1 amide bonds. The van der Waals surface area contributed by atoms with Crippen LogP contribution in [0.25, 0.3) is 11.3 Å². The van der Waals surface area contributed by atoms with E-state index in [1.807, 2.05) is 11.0 Å². The Kier molecular flexibility index (Phi) is 5.24. The van der Waals surface area contributed by atoms with Gasteiger partial charge in [-0.05, 0) is 48.7 Å².